The van der Waals surface area contributed by atoms with Crippen LogP contribution in [-0.2, 0) is 0 Å². The van der Waals surface area contributed by atoms with Gasteiger partial charge in [0.2, 0.25) is 0 Å². The SMILES string of the molecule is CCN(C/C=C/C#CC(C)(C)C)CCN. The lowest BCUT2D eigenvalue weighted by molar-refractivity contribution is 0.328. The van der Waals surface area contributed by atoms with E-state index in [2.05, 4.69) is 50.5 Å². The number of allylic oxidation sites excluding steroid dienone is 1. The monoisotopic (exact) mass is 208 g/mol. The standard InChI is InChI=1S/C13H24N2/c1-5-15(12-10-14)11-8-6-7-9-13(2,3)4/h6,8H,5,10-12,14H2,1-4H3/b8-6+. The quantitative estimate of drug-likeness (QED) is 0.699. The van der Waals surface area contributed by atoms with Crippen molar-refractivity contribution in [2.75, 3.05) is 26.2 Å². The minimum absolute atomic E-state index is 0.0893. The molecule has 0 spiro atoms. The molecule has 15 heavy (non-hydrogen) atoms. The van der Waals surface area contributed by atoms with Gasteiger partial charge in [0, 0.05) is 25.0 Å². The van der Waals surface area contributed by atoms with Gasteiger partial charge in [-0.3, -0.25) is 4.90 Å². The fourth-order valence-corrected chi connectivity index (χ4v) is 1.08. The van der Waals surface area contributed by atoms with Crippen LogP contribution in [0.15, 0.2) is 12.2 Å². The largest absolute Gasteiger partial charge is 0.329 e. The Morgan fingerprint density at radius 3 is 2.47 bits per heavy atom. The zero-order valence-electron chi connectivity index (χ0n) is 10.5. The van der Waals surface area contributed by atoms with Gasteiger partial charge in [-0.15, -0.1) is 0 Å². The predicted octanol–water partition coefficient (Wildman–Crippen LogP) is 1.87. The molecule has 0 saturated heterocycles. The molecule has 0 unspecified atom stereocenters. The van der Waals surface area contributed by atoms with E-state index in [1.165, 1.54) is 0 Å². The first-order chi connectivity index (χ1) is 6.99. The molecule has 0 bridgehead atoms. The van der Waals surface area contributed by atoms with Crippen LogP contribution in [0, 0.1) is 17.3 Å². The van der Waals surface area contributed by atoms with Gasteiger partial charge in [0.1, 0.15) is 0 Å². The molecule has 0 rings (SSSR count). The molecule has 0 radical (unpaired) electrons. The second kappa shape index (κ2) is 7.50. The van der Waals surface area contributed by atoms with Gasteiger partial charge in [-0.1, -0.05) is 24.8 Å². The van der Waals surface area contributed by atoms with Crippen LogP contribution in [0.1, 0.15) is 27.7 Å². The zero-order valence-corrected chi connectivity index (χ0v) is 10.5. The summed E-state index contributed by atoms with van der Waals surface area (Å²) in [7, 11) is 0. The Bertz CT molecular complexity index is 237. The van der Waals surface area contributed by atoms with Crippen molar-refractivity contribution in [1.82, 2.24) is 4.90 Å². The molecule has 0 aromatic carbocycles. The molecule has 2 N–H and O–H groups in total. The van der Waals surface area contributed by atoms with E-state index in [4.69, 9.17) is 5.73 Å². The van der Waals surface area contributed by atoms with Gasteiger partial charge < -0.3 is 5.73 Å². The van der Waals surface area contributed by atoms with Crippen LogP contribution in [0.5, 0.6) is 0 Å². The van der Waals surface area contributed by atoms with E-state index in [0.29, 0.717) is 0 Å². The summed E-state index contributed by atoms with van der Waals surface area (Å²) in [5.74, 6) is 6.22. The van der Waals surface area contributed by atoms with Crippen LogP contribution in [0.25, 0.3) is 0 Å². The summed E-state index contributed by atoms with van der Waals surface area (Å²) in [4.78, 5) is 2.29. The van der Waals surface area contributed by atoms with Crippen LogP contribution >= 0.6 is 0 Å². The number of nitrogens with zero attached hydrogens (tertiary/aromatic N) is 1. The Labute approximate surface area is 94.5 Å². The summed E-state index contributed by atoms with van der Waals surface area (Å²) in [5, 5.41) is 0. The van der Waals surface area contributed by atoms with Gasteiger partial charge in [-0.05, 0) is 33.4 Å². The normalized spacial score (nSPS) is 11.9. The number of hydrogen-bond donors (Lipinski definition) is 1. The third-order valence-electron chi connectivity index (χ3n) is 1.90. The highest BCUT2D eigenvalue weighted by molar-refractivity contribution is 5.19. The lowest BCUT2D eigenvalue weighted by atomic mass is 9.98. The highest BCUT2D eigenvalue weighted by Crippen LogP contribution is 2.09. The average molecular weight is 208 g/mol. The molecule has 0 saturated carbocycles. The van der Waals surface area contributed by atoms with Gasteiger partial charge in [0.25, 0.3) is 0 Å². The molecule has 0 aliphatic carbocycles. The zero-order chi connectivity index (χ0) is 11.7. The van der Waals surface area contributed by atoms with Crippen LogP contribution in [0.3, 0.4) is 0 Å². The highest BCUT2D eigenvalue weighted by atomic mass is 15.1. The smallest absolute Gasteiger partial charge is 0.0233 e. The van der Waals surface area contributed by atoms with Crippen molar-refractivity contribution >= 4 is 0 Å². The van der Waals surface area contributed by atoms with Gasteiger partial charge >= 0.3 is 0 Å². The molecule has 0 aromatic heterocycles. The van der Waals surface area contributed by atoms with Crippen molar-refractivity contribution in [3.05, 3.63) is 12.2 Å². The van der Waals surface area contributed by atoms with E-state index in [1.54, 1.807) is 0 Å². The highest BCUT2D eigenvalue weighted by Gasteiger charge is 2.02. The van der Waals surface area contributed by atoms with Crippen molar-refractivity contribution in [2.24, 2.45) is 11.1 Å². The molecule has 0 atom stereocenters. The van der Waals surface area contributed by atoms with Crippen molar-refractivity contribution in [3.8, 4) is 11.8 Å². The third kappa shape index (κ3) is 9.52. The summed E-state index contributed by atoms with van der Waals surface area (Å²) in [6.45, 7) is 12.1. The van der Waals surface area contributed by atoms with Gasteiger partial charge in [0.05, 0.1) is 0 Å². The Hall–Kier alpha value is -0.780. The molecule has 86 valence electrons. The average Bonchev–Trinajstić information content (AvgIpc) is 2.14. The van der Waals surface area contributed by atoms with E-state index < -0.39 is 0 Å². The third-order valence-corrected chi connectivity index (χ3v) is 1.90. The van der Waals surface area contributed by atoms with E-state index in [0.717, 1.165) is 26.2 Å². The first-order valence-corrected chi connectivity index (χ1v) is 5.59. The minimum Gasteiger partial charge on any atom is -0.329 e. The molecule has 0 aliphatic heterocycles. The maximum absolute atomic E-state index is 5.50. The van der Waals surface area contributed by atoms with Crippen molar-refractivity contribution in [3.63, 3.8) is 0 Å². The lowest BCUT2D eigenvalue weighted by Crippen LogP contribution is -2.29. The van der Waals surface area contributed by atoms with Crippen molar-refractivity contribution < 1.29 is 0 Å². The molecule has 2 heteroatoms. The first kappa shape index (κ1) is 14.2. The maximum Gasteiger partial charge on any atom is 0.0233 e. The Morgan fingerprint density at radius 1 is 1.33 bits per heavy atom. The topological polar surface area (TPSA) is 29.3 Å². The second-order valence-electron chi connectivity index (χ2n) is 4.60. The predicted molar refractivity (Wildman–Crippen MR) is 67.5 cm³/mol. The summed E-state index contributed by atoms with van der Waals surface area (Å²) in [5.41, 5.74) is 5.59. The van der Waals surface area contributed by atoms with Crippen LogP contribution < -0.4 is 5.73 Å². The molecular formula is C13H24N2. The van der Waals surface area contributed by atoms with Gasteiger partial charge in [-0.25, -0.2) is 0 Å². The van der Waals surface area contributed by atoms with Crippen molar-refractivity contribution in [1.29, 1.82) is 0 Å². The molecule has 0 aliphatic rings. The molecular weight excluding hydrogens is 184 g/mol. The van der Waals surface area contributed by atoms with E-state index in [9.17, 15) is 0 Å². The summed E-state index contributed by atoms with van der Waals surface area (Å²) in [6, 6.07) is 0. The molecule has 0 aromatic rings. The number of nitrogens with two attached hydrogens (primary N) is 1. The fourth-order valence-electron chi connectivity index (χ4n) is 1.08. The summed E-state index contributed by atoms with van der Waals surface area (Å²) < 4.78 is 0. The number of likely N-dealkylation sites (N-methyl/N-ethyl adjacent to an activating group) is 1. The van der Waals surface area contributed by atoms with E-state index >= 15 is 0 Å². The summed E-state index contributed by atoms with van der Waals surface area (Å²) in [6.07, 6.45) is 4.03. The van der Waals surface area contributed by atoms with Crippen LogP contribution in [-0.4, -0.2) is 31.1 Å². The van der Waals surface area contributed by atoms with Crippen LogP contribution in [0.2, 0.25) is 0 Å². The minimum atomic E-state index is 0.0893. The number of hydrogen-bond acceptors (Lipinski definition) is 2. The lowest BCUT2D eigenvalue weighted by Gasteiger charge is -2.16. The molecule has 0 amide bonds. The van der Waals surface area contributed by atoms with Crippen LogP contribution in [0.4, 0.5) is 0 Å². The Balaban J connectivity index is 3.91. The molecule has 2 nitrogen and oxygen atoms in total. The van der Waals surface area contributed by atoms with E-state index in [-0.39, 0.29) is 5.41 Å². The summed E-state index contributed by atoms with van der Waals surface area (Å²) >= 11 is 0. The second-order valence-corrected chi connectivity index (χ2v) is 4.60. The number of rotatable bonds is 5. The van der Waals surface area contributed by atoms with Gasteiger partial charge in [0.15, 0.2) is 0 Å². The molecule has 0 fully saturated rings. The Morgan fingerprint density at radius 2 is 2.00 bits per heavy atom. The first-order valence-electron chi connectivity index (χ1n) is 5.59. The fraction of sp³-hybridized carbons (Fsp3) is 0.692. The maximum atomic E-state index is 5.50. The van der Waals surface area contributed by atoms with Crippen molar-refractivity contribution in [2.45, 2.75) is 27.7 Å². The molecule has 0 heterocycles. The van der Waals surface area contributed by atoms with Gasteiger partial charge in [-0.2, -0.15) is 0 Å². The van der Waals surface area contributed by atoms with E-state index in [1.807, 2.05) is 6.08 Å². The Kier molecular flexibility index (Phi) is 7.11.